The van der Waals surface area contributed by atoms with Crippen LogP contribution in [0.3, 0.4) is 0 Å². The number of allylic oxidation sites excluding steroid dienone is 1. The second-order valence-electron chi connectivity index (χ2n) is 4.28. The van der Waals surface area contributed by atoms with Crippen LogP contribution in [-0.4, -0.2) is 24.3 Å². The molecule has 2 rings (SSSR count). The molecule has 0 radical (unpaired) electrons. The summed E-state index contributed by atoms with van der Waals surface area (Å²) in [4.78, 5) is 11.7. The number of benzene rings is 1. The lowest BCUT2D eigenvalue weighted by molar-refractivity contribution is -0.140. The fourth-order valence-electron chi connectivity index (χ4n) is 2.12. The Morgan fingerprint density at radius 2 is 2.16 bits per heavy atom. The zero-order valence-electron chi connectivity index (χ0n) is 11.2. The van der Waals surface area contributed by atoms with Crippen molar-refractivity contribution in [3.05, 3.63) is 47.7 Å². The van der Waals surface area contributed by atoms with Crippen molar-refractivity contribution in [2.24, 2.45) is 0 Å². The zero-order valence-corrected chi connectivity index (χ0v) is 12.0. The highest BCUT2D eigenvalue weighted by atomic mass is 32.2. The maximum Gasteiger partial charge on any atom is 0.373 e. The van der Waals surface area contributed by atoms with E-state index in [0.717, 1.165) is 12.2 Å². The summed E-state index contributed by atoms with van der Waals surface area (Å²) in [7, 11) is 1.38. The van der Waals surface area contributed by atoms with Crippen LogP contribution in [0.25, 0.3) is 0 Å². The molecule has 4 heteroatoms. The number of carbonyl (C=O) groups excluding carboxylic acids is 1. The number of hydrogen-bond donors (Lipinski definition) is 0. The Morgan fingerprint density at radius 3 is 2.79 bits per heavy atom. The van der Waals surface area contributed by atoms with Crippen molar-refractivity contribution in [3.8, 4) is 0 Å². The van der Waals surface area contributed by atoms with Crippen LogP contribution in [-0.2, 0) is 14.3 Å². The second kappa shape index (κ2) is 6.66. The molecular weight excluding hydrogens is 260 g/mol. The third kappa shape index (κ3) is 3.53. The highest BCUT2D eigenvalue weighted by Gasteiger charge is 2.28. The summed E-state index contributed by atoms with van der Waals surface area (Å²) in [6.45, 7) is 2.09. The summed E-state index contributed by atoms with van der Waals surface area (Å²) in [6, 6.07) is 10.2. The van der Waals surface area contributed by atoms with Crippen LogP contribution in [0.4, 0.5) is 0 Å². The molecule has 1 aromatic carbocycles. The van der Waals surface area contributed by atoms with E-state index >= 15 is 0 Å². The number of hydrogen-bond acceptors (Lipinski definition) is 4. The Bertz CT molecular complexity index is 456. The van der Waals surface area contributed by atoms with E-state index < -0.39 is 5.97 Å². The average molecular weight is 278 g/mol. The molecule has 0 unspecified atom stereocenters. The van der Waals surface area contributed by atoms with Crippen LogP contribution in [0.1, 0.15) is 24.8 Å². The minimum Gasteiger partial charge on any atom is -0.473 e. The van der Waals surface area contributed by atoms with Gasteiger partial charge in [0, 0.05) is 12.3 Å². The van der Waals surface area contributed by atoms with Crippen LogP contribution in [0.5, 0.6) is 0 Å². The molecule has 0 bridgehead atoms. The van der Waals surface area contributed by atoms with E-state index in [0.29, 0.717) is 5.76 Å². The third-order valence-electron chi connectivity index (χ3n) is 3.02. The van der Waals surface area contributed by atoms with E-state index in [4.69, 9.17) is 9.47 Å². The van der Waals surface area contributed by atoms with Gasteiger partial charge in [-0.1, -0.05) is 37.3 Å². The van der Waals surface area contributed by atoms with Crippen LogP contribution >= 0.6 is 11.8 Å². The number of rotatable bonds is 4. The normalized spacial score (nSPS) is 22.3. The predicted molar refractivity (Wildman–Crippen MR) is 76.9 cm³/mol. The number of methoxy groups -OCH3 is 1. The first kappa shape index (κ1) is 14.0. The van der Waals surface area contributed by atoms with E-state index in [1.54, 1.807) is 11.8 Å². The van der Waals surface area contributed by atoms with E-state index in [-0.39, 0.29) is 11.4 Å². The molecule has 19 heavy (non-hydrogen) atoms. The predicted octanol–water partition coefficient (Wildman–Crippen LogP) is 3.33. The number of thioether (sulfide) groups is 1. The van der Waals surface area contributed by atoms with Crippen LogP contribution in [0.2, 0.25) is 0 Å². The second-order valence-corrected chi connectivity index (χ2v) is 5.71. The summed E-state index contributed by atoms with van der Waals surface area (Å²) in [5.41, 5.74) is 1.21. The SMILES string of the molecule is CCS[C@H]1C[C@@H](c2ccccc2)C=C(C(=O)OC)O1. The molecule has 102 valence electrons. The summed E-state index contributed by atoms with van der Waals surface area (Å²) < 4.78 is 10.4. The summed E-state index contributed by atoms with van der Waals surface area (Å²) in [5, 5.41) is 0. The van der Waals surface area contributed by atoms with Gasteiger partial charge in [0.05, 0.1) is 7.11 Å². The Labute approximate surface area is 118 Å². The van der Waals surface area contributed by atoms with E-state index in [2.05, 4.69) is 19.1 Å². The summed E-state index contributed by atoms with van der Waals surface area (Å²) in [6.07, 6.45) is 2.75. The Morgan fingerprint density at radius 1 is 1.42 bits per heavy atom. The molecule has 0 amide bonds. The Hall–Kier alpha value is -1.42. The molecular formula is C15H18O3S. The third-order valence-corrected chi connectivity index (χ3v) is 4.02. The van der Waals surface area contributed by atoms with Gasteiger partial charge in [-0.2, -0.15) is 0 Å². The molecule has 0 aromatic heterocycles. The van der Waals surface area contributed by atoms with Crippen molar-refractivity contribution >= 4 is 17.7 Å². The fraction of sp³-hybridized carbons (Fsp3) is 0.400. The van der Waals surface area contributed by atoms with Crippen molar-refractivity contribution in [2.45, 2.75) is 24.7 Å². The van der Waals surface area contributed by atoms with Crippen molar-refractivity contribution in [1.82, 2.24) is 0 Å². The van der Waals surface area contributed by atoms with Gasteiger partial charge in [0.25, 0.3) is 0 Å². The van der Waals surface area contributed by atoms with Crippen LogP contribution < -0.4 is 0 Å². The molecule has 2 atom stereocenters. The Balaban J connectivity index is 2.24. The molecule has 1 aliphatic heterocycles. The molecule has 1 heterocycles. The lowest BCUT2D eigenvalue weighted by atomic mass is 9.94. The van der Waals surface area contributed by atoms with Gasteiger partial charge in [0.2, 0.25) is 5.76 Å². The van der Waals surface area contributed by atoms with Gasteiger partial charge >= 0.3 is 5.97 Å². The van der Waals surface area contributed by atoms with Crippen LogP contribution in [0, 0.1) is 0 Å². The van der Waals surface area contributed by atoms with Crippen molar-refractivity contribution in [2.75, 3.05) is 12.9 Å². The van der Waals surface area contributed by atoms with Crippen LogP contribution in [0.15, 0.2) is 42.2 Å². The van der Waals surface area contributed by atoms with Gasteiger partial charge < -0.3 is 9.47 Å². The summed E-state index contributed by atoms with van der Waals surface area (Å²) in [5.74, 6) is 1.09. The quantitative estimate of drug-likeness (QED) is 0.791. The number of carbonyl (C=O) groups is 1. The van der Waals surface area contributed by atoms with Gasteiger partial charge in [0.1, 0.15) is 5.44 Å². The average Bonchev–Trinajstić information content (AvgIpc) is 2.47. The van der Waals surface area contributed by atoms with Crippen molar-refractivity contribution in [1.29, 1.82) is 0 Å². The standard InChI is InChI=1S/C15H18O3S/c1-3-19-14-10-12(11-7-5-4-6-8-11)9-13(18-14)15(16)17-2/h4-9,12,14H,3,10H2,1-2H3/t12-,14-/m0/s1. The smallest absolute Gasteiger partial charge is 0.373 e. The van der Waals surface area contributed by atoms with Crippen molar-refractivity contribution in [3.63, 3.8) is 0 Å². The topological polar surface area (TPSA) is 35.5 Å². The minimum atomic E-state index is -0.401. The largest absolute Gasteiger partial charge is 0.473 e. The van der Waals surface area contributed by atoms with Gasteiger partial charge in [-0.15, -0.1) is 11.8 Å². The fourth-order valence-corrected chi connectivity index (χ4v) is 3.01. The molecule has 0 saturated carbocycles. The molecule has 1 aromatic rings. The highest BCUT2D eigenvalue weighted by Crippen LogP contribution is 2.35. The van der Waals surface area contributed by atoms with E-state index in [9.17, 15) is 4.79 Å². The van der Waals surface area contributed by atoms with Gasteiger partial charge in [-0.25, -0.2) is 4.79 Å². The highest BCUT2D eigenvalue weighted by molar-refractivity contribution is 7.99. The maximum atomic E-state index is 11.7. The van der Waals surface area contributed by atoms with Gasteiger partial charge in [0.15, 0.2) is 0 Å². The maximum absolute atomic E-state index is 11.7. The monoisotopic (exact) mass is 278 g/mol. The zero-order chi connectivity index (χ0) is 13.7. The molecule has 3 nitrogen and oxygen atoms in total. The Kier molecular flexibility index (Phi) is 4.91. The molecule has 0 aliphatic carbocycles. The minimum absolute atomic E-state index is 0.00862. The van der Waals surface area contributed by atoms with Gasteiger partial charge in [-0.05, 0) is 17.4 Å². The first-order valence-corrected chi connectivity index (χ1v) is 7.42. The summed E-state index contributed by atoms with van der Waals surface area (Å²) >= 11 is 1.71. The number of esters is 1. The number of ether oxygens (including phenoxy) is 2. The molecule has 0 fully saturated rings. The molecule has 1 aliphatic rings. The molecule has 0 spiro atoms. The molecule has 0 N–H and O–H groups in total. The first-order chi connectivity index (χ1) is 9.24. The lowest BCUT2D eigenvalue weighted by Gasteiger charge is -2.28. The first-order valence-electron chi connectivity index (χ1n) is 6.38. The van der Waals surface area contributed by atoms with E-state index in [1.807, 2.05) is 24.3 Å². The van der Waals surface area contributed by atoms with Gasteiger partial charge in [-0.3, -0.25) is 0 Å². The lowest BCUT2D eigenvalue weighted by Crippen LogP contribution is -2.23. The molecule has 0 saturated heterocycles. The van der Waals surface area contributed by atoms with E-state index in [1.165, 1.54) is 12.7 Å². The van der Waals surface area contributed by atoms with Crippen molar-refractivity contribution < 1.29 is 14.3 Å².